The lowest BCUT2D eigenvalue weighted by Crippen LogP contribution is -2.24. The topological polar surface area (TPSA) is 55.4 Å². The summed E-state index contributed by atoms with van der Waals surface area (Å²) in [5.74, 6) is -0.977. The molecule has 1 aromatic carbocycles. The molecule has 0 radical (unpaired) electrons. The molecule has 0 aromatic heterocycles. The zero-order valence-electron chi connectivity index (χ0n) is 8.03. The summed E-state index contributed by atoms with van der Waals surface area (Å²) >= 11 is 0. The summed E-state index contributed by atoms with van der Waals surface area (Å²) in [5.41, 5.74) is 3.35. The second kappa shape index (κ2) is 4.41. The molecule has 1 N–H and O–H groups in total. The number of hydrogen-bond acceptors (Lipinski definition) is 3. The average Bonchev–Trinajstić information content (AvgIpc) is 2.14. The van der Waals surface area contributed by atoms with Gasteiger partial charge in [-0.1, -0.05) is 17.7 Å². The van der Waals surface area contributed by atoms with Crippen LogP contribution in [-0.4, -0.2) is 11.9 Å². The van der Waals surface area contributed by atoms with Crippen LogP contribution < -0.4 is 5.48 Å². The molecule has 4 nitrogen and oxygen atoms in total. The van der Waals surface area contributed by atoms with Gasteiger partial charge in [-0.2, -0.15) is 5.48 Å². The SMILES string of the molecule is CC(=O)NOC(=O)c1cccc(C)c1. The molecule has 0 heterocycles. The van der Waals surface area contributed by atoms with Gasteiger partial charge in [0.15, 0.2) is 0 Å². The van der Waals surface area contributed by atoms with Crippen molar-refractivity contribution in [1.29, 1.82) is 0 Å². The minimum absolute atomic E-state index is 0.411. The third-order valence-corrected chi connectivity index (χ3v) is 1.54. The van der Waals surface area contributed by atoms with Gasteiger partial charge >= 0.3 is 5.97 Å². The first kappa shape index (κ1) is 10.2. The van der Waals surface area contributed by atoms with Crippen LogP contribution in [0.2, 0.25) is 0 Å². The third-order valence-electron chi connectivity index (χ3n) is 1.54. The highest BCUT2D eigenvalue weighted by Crippen LogP contribution is 2.04. The number of benzene rings is 1. The van der Waals surface area contributed by atoms with Crippen molar-refractivity contribution in [3.8, 4) is 0 Å². The molecule has 14 heavy (non-hydrogen) atoms. The Bertz CT molecular complexity index is 360. The zero-order chi connectivity index (χ0) is 10.6. The summed E-state index contributed by atoms with van der Waals surface area (Å²) in [6.45, 7) is 3.14. The Morgan fingerprint density at radius 1 is 1.36 bits per heavy atom. The van der Waals surface area contributed by atoms with E-state index in [4.69, 9.17) is 0 Å². The molecule has 1 aromatic rings. The number of carbonyl (C=O) groups excluding carboxylic acids is 2. The molecule has 0 saturated carbocycles. The standard InChI is InChI=1S/C10H11NO3/c1-7-4-3-5-9(6-7)10(13)14-11-8(2)12/h3-6H,1-2H3,(H,11,12). The molecular weight excluding hydrogens is 182 g/mol. The fourth-order valence-corrected chi connectivity index (χ4v) is 0.949. The lowest BCUT2D eigenvalue weighted by atomic mass is 10.1. The Hall–Kier alpha value is -1.84. The van der Waals surface area contributed by atoms with Gasteiger partial charge in [-0.15, -0.1) is 0 Å². The van der Waals surface area contributed by atoms with Crippen LogP contribution in [0, 0.1) is 6.92 Å². The molecule has 1 rings (SSSR count). The Morgan fingerprint density at radius 2 is 2.07 bits per heavy atom. The maximum Gasteiger partial charge on any atom is 0.362 e. The number of amides is 1. The van der Waals surface area contributed by atoms with Crippen molar-refractivity contribution in [3.05, 3.63) is 35.4 Å². The van der Waals surface area contributed by atoms with E-state index in [-0.39, 0.29) is 0 Å². The van der Waals surface area contributed by atoms with E-state index >= 15 is 0 Å². The number of rotatable bonds is 1. The van der Waals surface area contributed by atoms with E-state index in [1.54, 1.807) is 18.2 Å². The number of hydrogen-bond donors (Lipinski definition) is 1. The number of aryl methyl sites for hydroxylation is 1. The van der Waals surface area contributed by atoms with Crippen LogP contribution in [0.4, 0.5) is 0 Å². The summed E-state index contributed by atoms with van der Waals surface area (Å²) in [5, 5.41) is 0. The molecule has 0 unspecified atom stereocenters. The fourth-order valence-electron chi connectivity index (χ4n) is 0.949. The van der Waals surface area contributed by atoms with E-state index in [1.165, 1.54) is 6.92 Å². The predicted molar refractivity (Wildman–Crippen MR) is 50.4 cm³/mol. The maximum atomic E-state index is 11.3. The summed E-state index contributed by atoms with van der Waals surface area (Å²) < 4.78 is 0. The van der Waals surface area contributed by atoms with Gasteiger partial charge in [0, 0.05) is 6.92 Å². The highest BCUT2D eigenvalue weighted by molar-refractivity contribution is 5.90. The van der Waals surface area contributed by atoms with E-state index in [2.05, 4.69) is 4.84 Å². The number of hydroxylamine groups is 1. The molecule has 0 aliphatic heterocycles. The van der Waals surface area contributed by atoms with Gasteiger partial charge in [-0.25, -0.2) is 4.79 Å². The third kappa shape index (κ3) is 2.90. The van der Waals surface area contributed by atoms with E-state index in [9.17, 15) is 9.59 Å². The van der Waals surface area contributed by atoms with Crippen molar-refractivity contribution >= 4 is 11.9 Å². The van der Waals surface area contributed by atoms with Crippen LogP contribution in [0.25, 0.3) is 0 Å². The van der Waals surface area contributed by atoms with Gasteiger partial charge in [0.2, 0.25) is 5.91 Å². The molecule has 1 amide bonds. The maximum absolute atomic E-state index is 11.3. The average molecular weight is 193 g/mol. The van der Waals surface area contributed by atoms with Gasteiger partial charge in [0.25, 0.3) is 0 Å². The number of carbonyl (C=O) groups is 2. The van der Waals surface area contributed by atoms with Crippen LogP contribution >= 0.6 is 0 Å². The normalized spacial score (nSPS) is 9.29. The van der Waals surface area contributed by atoms with Crippen LogP contribution in [0.1, 0.15) is 22.8 Å². The van der Waals surface area contributed by atoms with E-state index in [0.717, 1.165) is 5.56 Å². The van der Waals surface area contributed by atoms with Crippen molar-refractivity contribution in [2.75, 3.05) is 0 Å². The minimum atomic E-state index is -0.566. The van der Waals surface area contributed by atoms with E-state index in [0.29, 0.717) is 5.56 Å². The van der Waals surface area contributed by atoms with Gasteiger partial charge in [0.1, 0.15) is 0 Å². The fraction of sp³-hybridized carbons (Fsp3) is 0.200. The molecule has 0 spiro atoms. The first-order valence-electron chi connectivity index (χ1n) is 4.14. The molecule has 0 saturated heterocycles. The summed E-state index contributed by atoms with van der Waals surface area (Å²) in [4.78, 5) is 26.2. The minimum Gasteiger partial charge on any atom is -0.335 e. The van der Waals surface area contributed by atoms with Crippen LogP contribution in [0.15, 0.2) is 24.3 Å². The first-order chi connectivity index (χ1) is 6.59. The molecule has 4 heteroatoms. The highest BCUT2D eigenvalue weighted by atomic mass is 16.7. The molecule has 74 valence electrons. The Kier molecular flexibility index (Phi) is 3.23. The Balaban J connectivity index is 2.65. The first-order valence-corrected chi connectivity index (χ1v) is 4.14. The Morgan fingerprint density at radius 3 is 2.64 bits per heavy atom. The molecule has 0 fully saturated rings. The van der Waals surface area contributed by atoms with E-state index in [1.807, 2.05) is 18.5 Å². The van der Waals surface area contributed by atoms with Crippen molar-refractivity contribution in [3.63, 3.8) is 0 Å². The van der Waals surface area contributed by atoms with Gasteiger partial charge < -0.3 is 4.84 Å². The quantitative estimate of drug-likeness (QED) is 0.682. The molecule has 0 aliphatic carbocycles. The van der Waals surface area contributed by atoms with Crippen molar-refractivity contribution in [2.45, 2.75) is 13.8 Å². The summed E-state index contributed by atoms with van der Waals surface area (Å²) in [6.07, 6.45) is 0. The lowest BCUT2D eigenvalue weighted by molar-refractivity contribution is -0.127. The van der Waals surface area contributed by atoms with Crippen molar-refractivity contribution in [2.24, 2.45) is 0 Å². The van der Waals surface area contributed by atoms with Gasteiger partial charge in [0.05, 0.1) is 5.56 Å². The smallest absolute Gasteiger partial charge is 0.335 e. The van der Waals surface area contributed by atoms with Gasteiger partial charge in [-0.05, 0) is 19.1 Å². The molecule has 0 atom stereocenters. The van der Waals surface area contributed by atoms with Crippen LogP contribution in [-0.2, 0) is 9.63 Å². The highest BCUT2D eigenvalue weighted by Gasteiger charge is 2.07. The zero-order valence-corrected chi connectivity index (χ0v) is 8.03. The summed E-state index contributed by atoms with van der Waals surface area (Å²) in [7, 11) is 0. The monoisotopic (exact) mass is 193 g/mol. The van der Waals surface area contributed by atoms with E-state index < -0.39 is 11.9 Å². The Labute approximate surface area is 81.8 Å². The second-order valence-electron chi connectivity index (χ2n) is 2.92. The second-order valence-corrected chi connectivity index (χ2v) is 2.92. The number of nitrogens with one attached hydrogen (secondary N) is 1. The van der Waals surface area contributed by atoms with Crippen molar-refractivity contribution < 1.29 is 14.4 Å². The summed E-state index contributed by atoms with van der Waals surface area (Å²) in [6, 6.07) is 6.93. The molecule has 0 bridgehead atoms. The molecule has 0 aliphatic rings. The lowest BCUT2D eigenvalue weighted by Gasteiger charge is -2.03. The van der Waals surface area contributed by atoms with Crippen LogP contribution in [0.5, 0.6) is 0 Å². The predicted octanol–water partition coefficient (Wildman–Crippen LogP) is 1.20. The van der Waals surface area contributed by atoms with Crippen molar-refractivity contribution in [1.82, 2.24) is 5.48 Å². The molecular formula is C10H11NO3. The van der Waals surface area contributed by atoms with Gasteiger partial charge in [-0.3, -0.25) is 4.79 Å². The largest absolute Gasteiger partial charge is 0.362 e. The van der Waals surface area contributed by atoms with Crippen LogP contribution in [0.3, 0.4) is 0 Å².